The lowest BCUT2D eigenvalue weighted by Crippen LogP contribution is -2.13. The zero-order chi connectivity index (χ0) is 9.61. The molecule has 0 bridgehead atoms. The molecule has 0 rings (SSSR count). The number of Topliss-reactive ketones (excluding diaryl/α,β-unsaturated/α-hetero) is 1. The number of unbranched alkanes of at least 4 members (excludes halogenated alkanes) is 1. The van der Waals surface area contributed by atoms with Crippen LogP contribution in [0.4, 0.5) is 0 Å². The molecule has 0 radical (unpaired) electrons. The van der Waals surface area contributed by atoms with Gasteiger partial charge in [0.1, 0.15) is 5.78 Å². The fourth-order valence-electron chi connectivity index (χ4n) is 0.766. The van der Waals surface area contributed by atoms with Crippen molar-refractivity contribution >= 4 is 15.6 Å². The Morgan fingerprint density at radius 2 is 1.83 bits per heavy atom. The Hall–Kier alpha value is -0.380. The highest BCUT2D eigenvalue weighted by Crippen LogP contribution is 1.99. The van der Waals surface area contributed by atoms with Crippen LogP contribution in [0, 0.1) is 0 Å². The predicted molar refractivity (Wildman–Crippen MR) is 48.9 cm³/mol. The maximum absolute atomic E-state index is 11.1. The number of hydrogen-bond acceptors (Lipinski definition) is 3. The normalized spacial score (nSPS) is 11.5. The molecule has 0 saturated carbocycles. The van der Waals surface area contributed by atoms with Crippen LogP contribution in [0.3, 0.4) is 0 Å². The van der Waals surface area contributed by atoms with E-state index in [0.717, 1.165) is 6.42 Å². The second-order valence-corrected chi connectivity index (χ2v) is 5.26. The topological polar surface area (TPSA) is 51.2 Å². The maximum Gasteiger partial charge on any atom is 0.150 e. The highest BCUT2D eigenvalue weighted by atomic mass is 32.2. The van der Waals surface area contributed by atoms with E-state index in [9.17, 15) is 13.2 Å². The van der Waals surface area contributed by atoms with E-state index in [-0.39, 0.29) is 23.7 Å². The van der Waals surface area contributed by atoms with Crippen LogP contribution in [0.15, 0.2) is 0 Å². The van der Waals surface area contributed by atoms with E-state index in [1.165, 1.54) is 6.92 Å². The summed E-state index contributed by atoms with van der Waals surface area (Å²) in [5.41, 5.74) is 0. The Morgan fingerprint density at radius 3 is 2.25 bits per heavy atom. The minimum atomic E-state index is -2.96. The van der Waals surface area contributed by atoms with Crippen LogP contribution in [0.25, 0.3) is 0 Å². The van der Waals surface area contributed by atoms with Crippen LogP contribution >= 0.6 is 0 Å². The van der Waals surface area contributed by atoms with Crippen LogP contribution in [-0.2, 0) is 14.6 Å². The lowest BCUT2D eigenvalue weighted by Gasteiger charge is -2.00. The predicted octanol–water partition coefficient (Wildman–Crippen LogP) is 1.18. The molecule has 0 atom stereocenters. The average molecular weight is 192 g/mol. The summed E-state index contributed by atoms with van der Waals surface area (Å²) in [4.78, 5) is 10.5. The molecule has 0 aliphatic heterocycles. The molecule has 4 heteroatoms. The molecular weight excluding hydrogens is 176 g/mol. The van der Waals surface area contributed by atoms with Gasteiger partial charge in [0, 0.05) is 6.42 Å². The number of carbonyl (C=O) groups excluding carboxylic acids is 1. The van der Waals surface area contributed by atoms with Crippen molar-refractivity contribution in [2.75, 3.05) is 11.5 Å². The van der Waals surface area contributed by atoms with Gasteiger partial charge in [-0.15, -0.1) is 0 Å². The van der Waals surface area contributed by atoms with Gasteiger partial charge in [-0.2, -0.15) is 0 Å². The molecule has 0 aromatic heterocycles. The first-order valence-electron chi connectivity index (χ1n) is 4.18. The molecule has 0 aliphatic rings. The fraction of sp³-hybridized carbons (Fsp3) is 0.875. The number of ketones is 1. The molecule has 0 aromatic carbocycles. The van der Waals surface area contributed by atoms with Gasteiger partial charge in [-0.1, -0.05) is 13.3 Å². The zero-order valence-electron chi connectivity index (χ0n) is 7.67. The minimum Gasteiger partial charge on any atom is -0.300 e. The van der Waals surface area contributed by atoms with Crippen molar-refractivity contribution in [1.29, 1.82) is 0 Å². The molecule has 0 aromatic rings. The number of sulfone groups is 1. The van der Waals surface area contributed by atoms with Crippen molar-refractivity contribution in [3.05, 3.63) is 0 Å². The van der Waals surface area contributed by atoms with E-state index < -0.39 is 9.84 Å². The first-order valence-corrected chi connectivity index (χ1v) is 6.00. The summed E-state index contributed by atoms with van der Waals surface area (Å²) in [6.45, 7) is 3.36. The lowest BCUT2D eigenvalue weighted by atomic mass is 10.4. The van der Waals surface area contributed by atoms with Crippen LogP contribution in [-0.4, -0.2) is 25.7 Å². The van der Waals surface area contributed by atoms with Crippen molar-refractivity contribution < 1.29 is 13.2 Å². The van der Waals surface area contributed by atoms with Crippen LogP contribution in [0.5, 0.6) is 0 Å². The summed E-state index contributed by atoms with van der Waals surface area (Å²) in [6.07, 6.45) is 1.73. The van der Waals surface area contributed by atoms with Gasteiger partial charge >= 0.3 is 0 Å². The van der Waals surface area contributed by atoms with Crippen molar-refractivity contribution in [2.45, 2.75) is 33.1 Å². The standard InChI is InChI=1S/C8H16O3S/c1-3-4-6-12(10,11)7-5-8(2)9/h3-7H2,1-2H3. The SMILES string of the molecule is CCCCS(=O)(=O)CCC(C)=O. The van der Waals surface area contributed by atoms with E-state index in [0.29, 0.717) is 6.42 Å². The van der Waals surface area contributed by atoms with Gasteiger partial charge in [-0.05, 0) is 13.3 Å². The third-order valence-corrected chi connectivity index (χ3v) is 3.31. The van der Waals surface area contributed by atoms with Gasteiger partial charge in [0.15, 0.2) is 9.84 Å². The number of hydrogen-bond donors (Lipinski definition) is 0. The summed E-state index contributed by atoms with van der Waals surface area (Å²) in [5, 5.41) is 0. The number of rotatable bonds is 6. The summed E-state index contributed by atoms with van der Waals surface area (Å²) in [5.74, 6) is 0.175. The first-order chi connectivity index (χ1) is 5.48. The Kier molecular flexibility index (Phi) is 5.13. The van der Waals surface area contributed by atoms with Crippen LogP contribution in [0.1, 0.15) is 33.1 Å². The summed E-state index contributed by atoms with van der Waals surface area (Å²) < 4.78 is 22.3. The lowest BCUT2D eigenvalue weighted by molar-refractivity contribution is -0.116. The highest BCUT2D eigenvalue weighted by molar-refractivity contribution is 7.91. The second kappa shape index (κ2) is 5.30. The molecule has 12 heavy (non-hydrogen) atoms. The molecular formula is C8H16O3S. The van der Waals surface area contributed by atoms with Crippen LogP contribution in [0.2, 0.25) is 0 Å². The number of carbonyl (C=O) groups is 1. The van der Waals surface area contributed by atoms with E-state index in [1.807, 2.05) is 6.92 Å². The van der Waals surface area contributed by atoms with E-state index in [4.69, 9.17) is 0 Å². The third kappa shape index (κ3) is 6.34. The molecule has 0 unspecified atom stereocenters. The summed E-state index contributed by atoms with van der Waals surface area (Å²) in [6, 6.07) is 0. The van der Waals surface area contributed by atoms with Gasteiger partial charge in [0.05, 0.1) is 11.5 Å². The smallest absolute Gasteiger partial charge is 0.150 e. The largest absolute Gasteiger partial charge is 0.300 e. The van der Waals surface area contributed by atoms with Crippen molar-refractivity contribution in [2.24, 2.45) is 0 Å². The first kappa shape index (κ1) is 11.6. The third-order valence-electron chi connectivity index (χ3n) is 1.57. The van der Waals surface area contributed by atoms with E-state index in [2.05, 4.69) is 0 Å². The highest BCUT2D eigenvalue weighted by Gasteiger charge is 2.10. The average Bonchev–Trinajstić information content (AvgIpc) is 1.98. The van der Waals surface area contributed by atoms with Crippen molar-refractivity contribution in [3.63, 3.8) is 0 Å². The Balaban J connectivity index is 3.80. The van der Waals surface area contributed by atoms with Crippen molar-refractivity contribution in [3.8, 4) is 0 Å². The molecule has 72 valence electrons. The van der Waals surface area contributed by atoms with Gasteiger partial charge in [-0.25, -0.2) is 8.42 Å². The molecule has 3 nitrogen and oxygen atoms in total. The summed E-state index contributed by atoms with van der Waals surface area (Å²) in [7, 11) is -2.96. The molecule has 0 heterocycles. The Bertz CT molecular complexity index is 229. The van der Waals surface area contributed by atoms with E-state index >= 15 is 0 Å². The summed E-state index contributed by atoms with van der Waals surface area (Å²) >= 11 is 0. The molecule has 0 amide bonds. The molecule has 0 N–H and O–H groups in total. The van der Waals surface area contributed by atoms with Gasteiger partial charge < -0.3 is 0 Å². The zero-order valence-corrected chi connectivity index (χ0v) is 8.49. The van der Waals surface area contributed by atoms with Crippen LogP contribution < -0.4 is 0 Å². The molecule has 0 fully saturated rings. The van der Waals surface area contributed by atoms with Gasteiger partial charge in [0.2, 0.25) is 0 Å². The monoisotopic (exact) mass is 192 g/mol. The molecule has 0 saturated heterocycles. The maximum atomic E-state index is 11.1. The minimum absolute atomic E-state index is 0.0162. The molecule has 0 spiro atoms. The Morgan fingerprint density at radius 1 is 1.25 bits per heavy atom. The molecule has 0 aliphatic carbocycles. The van der Waals surface area contributed by atoms with E-state index in [1.54, 1.807) is 0 Å². The van der Waals surface area contributed by atoms with Gasteiger partial charge in [0.25, 0.3) is 0 Å². The fourth-order valence-corrected chi connectivity index (χ4v) is 2.30. The second-order valence-electron chi connectivity index (χ2n) is 2.96. The quantitative estimate of drug-likeness (QED) is 0.635. The van der Waals surface area contributed by atoms with Gasteiger partial charge in [-0.3, -0.25) is 4.79 Å². The van der Waals surface area contributed by atoms with Crippen molar-refractivity contribution in [1.82, 2.24) is 0 Å². The Labute approximate surface area is 74.1 Å².